The van der Waals surface area contributed by atoms with E-state index in [2.05, 4.69) is 39.4 Å². The third kappa shape index (κ3) is 4.04. The van der Waals surface area contributed by atoms with Gasteiger partial charge in [0.05, 0.1) is 19.3 Å². The third-order valence-corrected chi connectivity index (χ3v) is 4.70. The van der Waals surface area contributed by atoms with E-state index in [-0.39, 0.29) is 6.10 Å². The van der Waals surface area contributed by atoms with E-state index in [9.17, 15) is 0 Å². The fourth-order valence-electron chi connectivity index (χ4n) is 2.52. The molecule has 3 nitrogen and oxygen atoms in total. The highest BCUT2D eigenvalue weighted by Gasteiger charge is 2.25. The lowest BCUT2D eigenvalue weighted by molar-refractivity contribution is 0.0248. The van der Waals surface area contributed by atoms with Crippen LogP contribution >= 0.6 is 15.9 Å². The van der Waals surface area contributed by atoms with Gasteiger partial charge in [-0.15, -0.1) is 0 Å². The molecule has 1 N–H and O–H groups in total. The molecule has 2 unspecified atom stereocenters. The molecule has 0 bridgehead atoms. The van der Waals surface area contributed by atoms with Crippen molar-refractivity contribution in [2.75, 3.05) is 26.4 Å². The first-order valence-corrected chi connectivity index (χ1v) is 8.29. The Morgan fingerprint density at radius 3 is 2.85 bits per heavy atom. The molecule has 4 heteroatoms. The standard InChI is InChI=1S/C16H22BrNO2/c17-15-4-2-1-3-14(15)16(9-18-13-5-6-13)20-11-12-7-8-19-10-12/h1-4,12-13,16,18H,5-11H2. The van der Waals surface area contributed by atoms with Gasteiger partial charge < -0.3 is 14.8 Å². The monoisotopic (exact) mass is 339 g/mol. The summed E-state index contributed by atoms with van der Waals surface area (Å²) in [5.41, 5.74) is 1.24. The minimum absolute atomic E-state index is 0.117. The molecule has 0 aromatic heterocycles. The molecule has 110 valence electrons. The Morgan fingerprint density at radius 2 is 2.15 bits per heavy atom. The molecule has 1 aliphatic heterocycles. The molecule has 1 saturated carbocycles. The Labute approximate surface area is 129 Å². The van der Waals surface area contributed by atoms with Gasteiger partial charge in [0, 0.05) is 29.6 Å². The summed E-state index contributed by atoms with van der Waals surface area (Å²) in [6, 6.07) is 9.06. The van der Waals surface area contributed by atoms with Crippen LogP contribution in [-0.4, -0.2) is 32.4 Å². The SMILES string of the molecule is Brc1ccccc1C(CNC1CC1)OCC1CCOC1. The maximum atomic E-state index is 6.20. The summed E-state index contributed by atoms with van der Waals surface area (Å²) >= 11 is 3.64. The van der Waals surface area contributed by atoms with Gasteiger partial charge in [0.2, 0.25) is 0 Å². The molecule has 2 fully saturated rings. The maximum absolute atomic E-state index is 6.20. The Bertz CT molecular complexity index is 430. The summed E-state index contributed by atoms with van der Waals surface area (Å²) < 4.78 is 12.8. The van der Waals surface area contributed by atoms with Gasteiger partial charge in [0.15, 0.2) is 0 Å². The van der Waals surface area contributed by atoms with Crippen LogP contribution < -0.4 is 5.32 Å². The van der Waals surface area contributed by atoms with E-state index in [1.807, 2.05) is 6.07 Å². The first-order chi connectivity index (χ1) is 9.83. The molecule has 0 spiro atoms. The van der Waals surface area contributed by atoms with E-state index >= 15 is 0 Å². The van der Waals surface area contributed by atoms with Gasteiger partial charge in [0.1, 0.15) is 0 Å². The zero-order chi connectivity index (χ0) is 13.8. The van der Waals surface area contributed by atoms with Crippen molar-refractivity contribution in [3.63, 3.8) is 0 Å². The highest BCUT2D eigenvalue weighted by molar-refractivity contribution is 9.10. The van der Waals surface area contributed by atoms with E-state index in [0.29, 0.717) is 12.0 Å². The molecule has 3 rings (SSSR count). The average Bonchev–Trinajstić information content (AvgIpc) is 3.14. The minimum Gasteiger partial charge on any atom is -0.381 e. The fraction of sp³-hybridized carbons (Fsp3) is 0.625. The van der Waals surface area contributed by atoms with Crippen LogP contribution in [0, 0.1) is 5.92 Å². The fourth-order valence-corrected chi connectivity index (χ4v) is 3.06. The molecular formula is C16H22BrNO2. The van der Waals surface area contributed by atoms with Crippen molar-refractivity contribution in [3.8, 4) is 0 Å². The van der Waals surface area contributed by atoms with Crippen molar-refractivity contribution in [1.82, 2.24) is 5.32 Å². The Hall–Kier alpha value is -0.420. The summed E-state index contributed by atoms with van der Waals surface area (Å²) in [5, 5.41) is 3.58. The zero-order valence-electron chi connectivity index (χ0n) is 11.7. The van der Waals surface area contributed by atoms with E-state index in [1.165, 1.54) is 18.4 Å². The Balaban J connectivity index is 1.60. The number of rotatable bonds is 7. The number of benzene rings is 1. The Kier molecular flexibility index (Phi) is 5.10. The predicted molar refractivity (Wildman–Crippen MR) is 82.8 cm³/mol. The van der Waals surface area contributed by atoms with E-state index < -0.39 is 0 Å². The van der Waals surface area contributed by atoms with Crippen LogP contribution in [0.3, 0.4) is 0 Å². The number of nitrogens with one attached hydrogen (secondary N) is 1. The minimum atomic E-state index is 0.117. The van der Waals surface area contributed by atoms with Crippen LogP contribution in [0.25, 0.3) is 0 Å². The number of ether oxygens (including phenoxy) is 2. The lowest BCUT2D eigenvalue weighted by atomic mass is 10.1. The topological polar surface area (TPSA) is 30.5 Å². The summed E-state index contributed by atoms with van der Waals surface area (Å²) in [6.07, 6.45) is 3.85. The van der Waals surface area contributed by atoms with E-state index in [1.54, 1.807) is 0 Å². The van der Waals surface area contributed by atoms with Crippen molar-refractivity contribution < 1.29 is 9.47 Å². The maximum Gasteiger partial charge on any atom is 0.0960 e. The van der Waals surface area contributed by atoms with E-state index in [4.69, 9.17) is 9.47 Å². The smallest absolute Gasteiger partial charge is 0.0960 e. The second-order valence-electron chi connectivity index (χ2n) is 5.76. The van der Waals surface area contributed by atoms with Crippen LogP contribution in [0.5, 0.6) is 0 Å². The molecule has 0 amide bonds. The Morgan fingerprint density at radius 1 is 1.30 bits per heavy atom. The summed E-state index contributed by atoms with van der Waals surface area (Å²) in [4.78, 5) is 0. The van der Waals surface area contributed by atoms with Crippen LogP contribution in [0.1, 0.15) is 30.9 Å². The summed E-state index contributed by atoms with van der Waals surface area (Å²) in [7, 11) is 0. The average molecular weight is 340 g/mol. The molecule has 1 aromatic rings. The van der Waals surface area contributed by atoms with Gasteiger partial charge in [-0.2, -0.15) is 0 Å². The molecule has 1 aliphatic carbocycles. The van der Waals surface area contributed by atoms with Gasteiger partial charge in [0.25, 0.3) is 0 Å². The molecule has 1 saturated heterocycles. The van der Waals surface area contributed by atoms with E-state index in [0.717, 1.165) is 37.3 Å². The first-order valence-electron chi connectivity index (χ1n) is 7.50. The van der Waals surface area contributed by atoms with Crippen molar-refractivity contribution in [3.05, 3.63) is 34.3 Å². The highest BCUT2D eigenvalue weighted by Crippen LogP contribution is 2.28. The van der Waals surface area contributed by atoms with Crippen molar-refractivity contribution in [2.45, 2.75) is 31.4 Å². The lowest BCUT2D eigenvalue weighted by Gasteiger charge is -2.22. The quantitative estimate of drug-likeness (QED) is 0.826. The molecule has 0 radical (unpaired) electrons. The van der Waals surface area contributed by atoms with Crippen molar-refractivity contribution >= 4 is 15.9 Å². The molecular weight excluding hydrogens is 318 g/mol. The van der Waals surface area contributed by atoms with Crippen LogP contribution in [0.15, 0.2) is 28.7 Å². The zero-order valence-corrected chi connectivity index (χ0v) is 13.3. The largest absolute Gasteiger partial charge is 0.381 e. The van der Waals surface area contributed by atoms with Gasteiger partial charge in [-0.05, 0) is 30.9 Å². The number of halogens is 1. The third-order valence-electron chi connectivity index (χ3n) is 3.98. The summed E-state index contributed by atoms with van der Waals surface area (Å²) in [5.74, 6) is 0.556. The first kappa shape index (κ1) is 14.5. The normalized spacial score (nSPS) is 23.9. The number of hydrogen-bond donors (Lipinski definition) is 1. The lowest BCUT2D eigenvalue weighted by Crippen LogP contribution is -2.27. The van der Waals surface area contributed by atoms with Gasteiger partial charge in [-0.3, -0.25) is 0 Å². The van der Waals surface area contributed by atoms with Gasteiger partial charge >= 0.3 is 0 Å². The molecule has 2 atom stereocenters. The highest BCUT2D eigenvalue weighted by atomic mass is 79.9. The summed E-state index contributed by atoms with van der Waals surface area (Å²) in [6.45, 7) is 3.41. The van der Waals surface area contributed by atoms with Crippen molar-refractivity contribution in [2.24, 2.45) is 5.92 Å². The number of hydrogen-bond acceptors (Lipinski definition) is 3. The predicted octanol–water partition coefficient (Wildman–Crippen LogP) is 3.30. The molecule has 2 aliphatic rings. The second-order valence-corrected chi connectivity index (χ2v) is 6.61. The van der Waals surface area contributed by atoms with Crippen LogP contribution in [0.4, 0.5) is 0 Å². The molecule has 20 heavy (non-hydrogen) atoms. The second kappa shape index (κ2) is 7.03. The molecule has 1 aromatic carbocycles. The van der Waals surface area contributed by atoms with Gasteiger partial charge in [-0.25, -0.2) is 0 Å². The van der Waals surface area contributed by atoms with Crippen LogP contribution in [0.2, 0.25) is 0 Å². The van der Waals surface area contributed by atoms with Gasteiger partial charge in [-0.1, -0.05) is 34.1 Å². The van der Waals surface area contributed by atoms with Crippen LogP contribution in [-0.2, 0) is 9.47 Å². The molecule has 1 heterocycles. The van der Waals surface area contributed by atoms with Crippen molar-refractivity contribution in [1.29, 1.82) is 0 Å².